The number of nitrogens with one attached hydrogen (secondary N) is 1. The van der Waals surface area contributed by atoms with Gasteiger partial charge in [-0.15, -0.1) is 0 Å². The van der Waals surface area contributed by atoms with Gasteiger partial charge in [-0.2, -0.15) is 0 Å². The molecule has 0 spiro atoms. The van der Waals surface area contributed by atoms with Crippen molar-refractivity contribution < 1.29 is 4.39 Å². The summed E-state index contributed by atoms with van der Waals surface area (Å²) in [7, 11) is 0. The lowest BCUT2D eigenvalue weighted by molar-refractivity contribution is 0.510. The van der Waals surface area contributed by atoms with E-state index < -0.39 is 0 Å². The SMILES string of the molecule is NNC(Cc1ccc(I)cc1)c1cc(Cl)ccc1F. The van der Waals surface area contributed by atoms with E-state index in [4.69, 9.17) is 17.4 Å². The predicted molar refractivity (Wildman–Crippen MR) is 84.3 cm³/mol. The van der Waals surface area contributed by atoms with Crippen LogP contribution in [0.15, 0.2) is 42.5 Å². The zero-order chi connectivity index (χ0) is 13.8. The fraction of sp³-hybridized carbons (Fsp3) is 0.143. The molecule has 2 rings (SSSR count). The Hall–Kier alpha value is -0.690. The van der Waals surface area contributed by atoms with Crippen LogP contribution in [0.3, 0.4) is 0 Å². The smallest absolute Gasteiger partial charge is 0.128 e. The van der Waals surface area contributed by atoms with Crippen molar-refractivity contribution in [3.8, 4) is 0 Å². The maximum absolute atomic E-state index is 13.8. The lowest BCUT2D eigenvalue weighted by Gasteiger charge is -2.17. The first-order chi connectivity index (χ1) is 9.10. The molecular formula is C14H13ClFIN2. The third-order valence-corrected chi connectivity index (χ3v) is 3.84. The van der Waals surface area contributed by atoms with Crippen molar-refractivity contribution in [2.45, 2.75) is 12.5 Å². The van der Waals surface area contributed by atoms with Crippen LogP contribution < -0.4 is 11.3 Å². The zero-order valence-electron chi connectivity index (χ0n) is 10.0. The van der Waals surface area contributed by atoms with Crippen LogP contribution in [0.1, 0.15) is 17.2 Å². The molecule has 1 atom stereocenters. The number of halogens is 3. The van der Waals surface area contributed by atoms with E-state index in [1.807, 2.05) is 24.3 Å². The van der Waals surface area contributed by atoms with Gasteiger partial charge in [-0.1, -0.05) is 23.7 Å². The molecule has 100 valence electrons. The van der Waals surface area contributed by atoms with Crippen LogP contribution in [0.25, 0.3) is 0 Å². The number of hydrogen-bond acceptors (Lipinski definition) is 2. The first-order valence-corrected chi connectivity index (χ1v) is 7.21. The van der Waals surface area contributed by atoms with Gasteiger partial charge in [0, 0.05) is 14.2 Å². The average molecular weight is 391 g/mol. The minimum Gasteiger partial charge on any atom is -0.271 e. The van der Waals surface area contributed by atoms with Crippen molar-refractivity contribution in [3.63, 3.8) is 0 Å². The molecule has 0 fully saturated rings. The van der Waals surface area contributed by atoms with E-state index in [-0.39, 0.29) is 11.9 Å². The molecule has 0 radical (unpaired) electrons. The standard InChI is InChI=1S/C14H13ClFIN2/c15-10-3-6-13(16)12(8-10)14(19-18)7-9-1-4-11(17)5-2-9/h1-6,8,14,19H,7,18H2. The number of hydrogen-bond donors (Lipinski definition) is 2. The van der Waals surface area contributed by atoms with Gasteiger partial charge in [0.15, 0.2) is 0 Å². The third-order valence-electron chi connectivity index (χ3n) is 2.89. The van der Waals surface area contributed by atoms with E-state index in [0.717, 1.165) is 9.13 Å². The summed E-state index contributed by atoms with van der Waals surface area (Å²) in [5.41, 5.74) is 4.21. The first-order valence-electron chi connectivity index (χ1n) is 5.75. The molecule has 0 aliphatic carbocycles. The maximum Gasteiger partial charge on any atom is 0.128 e. The summed E-state index contributed by atoms with van der Waals surface area (Å²) in [6.45, 7) is 0. The third kappa shape index (κ3) is 3.89. The molecule has 0 aliphatic heterocycles. The number of nitrogens with two attached hydrogens (primary N) is 1. The fourth-order valence-corrected chi connectivity index (χ4v) is 2.44. The number of hydrazine groups is 1. The first kappa shape index (κ1) is 14.7. The van der Waals surface area contributed by atoms with Gasteiger partial charge in [-0.3, -0.25) is 11.3 Å². The lowest BCUT2D eigenvalue weighted by Crippen LogP contribution is -2.30. The van der Waals surface area contributed by atoms with Crippen molar-refractivity contribution in [2.24, 2.45) is 5.84 Å². The molecular weight excluding hydrogens is 378 g/mol. The van der Waals surface area contributed by atoms with E-state index in [9.17, 15) is 4.39 Å². The Morgan fingerprint density at radius 2 is 1.89 bits per heavy atom. The van der Waals surface area contributed by atoms with Crippen molar-refractivity contribution in [1.29, 1.82) is 0 Å². The van der Waals surface area contributed by atoms with Crippen LogP contribution in [0.5, 0.6) is 0 Å². The van der Waals surface area contributed by atoms with E-state index in [1.165, 1.54) is 12.1 Å². The Kier molecular flexibility index (Phi) is 5.15. The van der Waals surface area contributed by atoms with Crippen molar-refractivity contribution in [1.82, 2.24) is 5.43 Å². The maximum atomic E-state index is 13.8. The summed E-state index contributed by atoms with van der Waals surface area (Å²) in [5.74, 6) is 5.23. The fourth-order valence-electron chi connectivity index (χ4n) is 1.90. The van der Waals surface area contributed by atoms with Crippen molar-refractivity contribution >= 4 is 34.2 Å². The summed E-state index contributed by atoms with van der Waals surface area (Å²) < 4.78 is 15.0. The zero-order valence-corrected chi connectivity index (χ0v) is 13.0. The molecule has 19 heavy (non-hydrogen) atoms. The van der Waals surface area contributed by atoms with Crippen molar-refractivity contribution in [2.75, 3.05) is 0 Å². The molecule has 0 bridgehead atoms. The molecule has 0 saturated heterocycles. The van der Waals surface area contributed by atoms with Gasteiger partial charge < -0.3 is 0 Å². The molecule has 0 saturated carbocycles. The second kappa shape index (κ2) is 6.65. The molecule has 5 heteroatoms. The van der Waals surface area contributed by atoms with Gasteiger partial charge in [0.25, 0.3) is 0 Å². The van der Waals surface area contributed by atoms with Gasteiger partial charge in [-0.25, -0.2) is 4.39 Å². The average Bonchev–Trinajstić information content (AvgIpc) is 2.41. The van der Waals surface area contributed by atoms with E-state index >= 15 is 0 Å². The Bertz CT molecular complexity index is 560. The monoisotopic (exact) mass is 390 g/mol. The molecule has 0 aromatic heterocycles. The number of rotatable bonds is 4. The largest absolute Gasteiger partial charge is 0.271 e. The van der Waals surface area contributed by atoms with Gasteiger partial charge in [0.1, 0.15) is 5.82 Å². The van der Waals surface area contributed by atoms with E-state index in [2.05, 4.69) is 28.0 Å². The Morgan fingerprint density at radius 3 is 2.53 bits per heavy atom. The summed E-state index contributed by atoms with van der Waals surface area (Å²) in [6.07, 6.45) is 0.602. The quantitative estimate of drug-likeness (QED) is 0.473. The summed E-state index contributed by atoms with van der Waals surface area (Å²) >= 11 is 8.15. The molecule has 1 unspecified atom stereocenters. The van der Waals surface area contributed by atoms with Gasteiger partial charge in [0.2, 0.25) is 0 Å². The van der Waals surface area contributed by atoms with Crippen LogP contribution in [0.4, 0.5) is 4.39 Å². The van der Waals surface area contributed by atoms with Crippen LogP contribution >= 0.6 is 34.2 Å². The van der Waals surface area contributed by atoms with Gasteiger partial charge in [0.05, 0.1) is 6.04 Å². The van der Waals surface area contributed by atoms with Crippen LogP contribution in [-0.2, 0) is 6.42 Å². The molecule has 0 heterocycles. The highest BCUT2D eigenvalue weighted by molar-refractivity contribution is 14.1. The molecule has 3 N–H and O–H groups in total. The lowest BCUT2D eigenvalue weighted by atomic mass is 9.99. The van der Waals surface area contributed by atoms with Gasteiger partial charge >= 0.3 is 0 Å². The Labute approximate surface area is 130 Å². The number of benzene rings is 2. The highest BCUT2D eigenvalue weighted by Gasteiger charge is 2.15. The minimum atomic E-state index is -0.308. The topological polar surface area (TPSA) is 38.0 Å². The molecule has 2 aromatic carbocycles. The highest BCUT2D eigenvalue weighted by atomic mass is 127. The predicted octanol–water partition coefficient (Wildman–Crippen LogP) is 3.83. The van der Waals surface area contributed by atoms with Crippen molar-refractivity contribution in [3.05, 3.63) is 68.0 Å². The van der Waals surface area contributed by atoms with E-state index in [0.29, 0.717) is 17.0 Å². The molecule has 0 amide bonds. The second-order valence-electron chi connectivity index (χ2n) is 4.22. The Balaban J connectivity index is 2.24. The van der Waals surface area contributed by atoms with Crippen LogP contribution in [0, 0.1) is 9.39 Å². The summed E-state index contributed by atoms with van der Waals surface area (Å²) in [5, 5.41) is 0.499. The van der Waals surface area contributed by atoms with Gasteiger partial charge in [-0.05, 0) is 64.9 Å². The normalized spacial score (nSPS) is 12.4. The minimum absolute atomic E-state index is 0.307. The van der Waals surface area contributed by atoms with Crippen LogP contribution in [0.2, 0.25) is 5.02 Å². The summed E-state index contributed by atoms with van der Waals surface area (Å²) in [4.78, 5) is 0. The van der Waals surface area contributed by atoms with E-state index in [1.54, 1.807) is 6.07 Å². The molecule has 2 nitrogen and oxygen atoms in total. The Morgan fingerprint density at radius 1 is 1.21 bits per heavy atom. The molecule has 2 aromatic rings. The highest BCUT2D eigenvalue weighted by Crippen LogP contribution is 2.24. The molecule has 0 aliphatic rings. The second-order valence-corrected chi connectivity index (χ2v) is 5.90. The van der Waals surface area contributed by atoms with Crippen LogP contribution in [-0.4, -0.2) is 0 Å². The summed E-state index contributed by atoms with van der Waals surface area (Å²) in [6, 6.07) is 12.2.